The van der Waals surface area contributed by atoms with Crippen molar-refractivity contribution in [2.24, 2.45) is 5.73 Å². The Morgan fingerprint density at radius 2 is 1.87 bits per heavy atom. The van der Waals surface area contributed by atoms with Crippen molar-refractivity contribution >= 4 is 29.1 Å². The third-order valence-electron chi connectivity index (χ3n) is 3.43. The van der Waals surface area contributed by atoms with Crippen molar-refractivity contribution in [2.75, 3.05) is 5.32 Å². The number of carbonyl (C=O) groups excluding carboxylic acids is 2. The van der Waals surface area contributed by atoms with Gasteiger partial charge >= 0.3 is 0 Å². The van der Waals surface area contributed by atoms with Crippen LogP contribution in [-0.4, -0.2) is 16.9 Å². The summed E-state index contributed by atoms with van der Waals surface area (Å²) in [6.07, 6.45) is -0.159. The maximum atomic E-state index is 12.2. The molecule has 2 aromatic carbocycles. The highest BCUT2D eigenvalue weighted by atomic mass is 35.5. The van der Waals surface area contributed by atoms with E-state index >= 15 is 0 Å². The second-order valence-electron chi connectivity index (χ2n) is 5.42. The molecule has 23 heavy (non-hydrogen) atoms. The smallest absolute Gasteiger partial charge is 0.248 e. The molecule has 0 saturated carbocycles. The van der Waals surface area contributed by atoms with Crippen LogP contribution in [0.2, 0.25) is 5.02 Å². The molecule has 1 atom stereocenters. The van der Waals surface area contributed by atoms with Crippen LogP contribution in [0.25, 0.3) is 0 Å². The Labute approximate surface area is 139 Å². The number of hydrogen-bond acceptors (Lipinski definition) is 3. The van der Waals surface area contributed by atoms with Gasteiger partial charge in [0.05, 0.1) is 22.7 Å². The minimum absolute atomic E-state index is 0.159. The fourth-order valence-corrected chi connectivity index (χ4v) is 2.35. The lowest BCUT2D eigenvalue weighted by Gasteiger charge is -2.23. The van der Waals surface area contributed by atoms with Crippen LogP contribution >= 0.6 is 11.6 Å². The zero-order valence-corrected chi connectivity index (χ0v) is 13.3. The molecule has 0 aliphatic carbocycles. The first-order valence-electron chi connectivity index (χ1n) is 6.97. The summed E-state index contributed by atoms with van der Waals surface area (Å²) in [7, 11) is 0. The zero-order chi connectivity index (χ0) is 17.0. The van der Waals surface area contributed by atoms with Crippen LogP contribution in [0.15, 0.2) is 48.5 Å². The molecule has 6 heteroatoms. The number of nitrogens with one attached hydrogen (secondary N) is 1. The average molecular weight is 333 g/mol. The standard InChI is InChI=1S/C17H17ClN2O3/c1-17(23,12-5-3-2-4-6-12)10-15(21)20-14-9-11(16(19)22)7-8-13(14)18/h2-9,23H,10H2,1H3,(H2,19,22)(H,20,21). The summed E-state index contributed by atoms with van der Waals surface area (Å²) in [5.41, 5.74) is 5.03. The van der Waals surface area contributed by atoms with Crippen LogP contribution in [0.1, 0.15) is 29.3 Å². The van der Waals surface area contributed by atoms with Gasteiger partial charge in [0.2, 0.25) is 11.8 Å². The first-order chi connectivity index (χ1) is 10.8. The van der Waals surface area contributed by atoms with E-state index in [-0.39, 0.29) is 22.7 Å². The van der Waals surface area contributed by atoms with Gasteiger partial charge < -0.3 is 16.2 Å². The van der Waals surface area contributed by atoms with E-state index in [4.69, 9.17) is 17.3 Å². The summed E-state index contributed by atoms with van der Waals surface area (Å²) in [6.45, 7) is 1.56. The molecule has 2 aromatic rings. The first kappa shape index (κ1) is 17.0. The summed E-state index contributed by atoms with van der Waals surface area (Å²) in [5, 5.41) is 13.4. The van der Waals surface area contributed by atoms with E-state index in [0.29, 0.717) is 5.56 Å². The first-order valence-corrected chi connectivity index (χ1v) is 7.34. The van der Waals surface area contributed by atoms with E-state index in [9.17, 15) is 14.7 Å². The monoisotopic (exact) mass is 332 g/mol. The Morgan fingerprint density at radius 3 is 2.48 bits per heavy atom. The normalized spacial score (nSPS) is 13.2. The Kier molecular flexibility index (Phi) is 5.03. The number of carbonyl (C=O) groups is 2. The highest BCUT2D eigenvalue weighted by Crippen LogP contribution is 2.27. The molecule has 0 aromatic heterocycles. The highest BCUT2D eigenvalue weighted by molar-refractivity contribution is 6.33. The quantitative estimate of drug-likeness (QED) is 0.786. The Bertz CT molecular complexity index is 730. The summed E-state index contributed by atoms with van der Waals surface area (Å²) >= 11 is 6.00. The Balaban J connectivity index is 2.14. The van der Waals surface area contributed by atoms with Gasteiger partial charge in [0.25, 0.3) is 0 Å². The molecule has 1 unspecified atom stereocenters. The number of anilines is 1. The predicted molar refractivity (Wildman–Crippen MR) is 89.2 cm³/mol. The van der Waals surface area contributed by atoms with E-state index in [1.165, 1.54) is 18.2 Å². The highest BCUT2D eigenvalue weighted by Gasteiger charge is 2.26. The number of nitrogens with two attached hydrogens (primary N) is 1. The van der Waals surface area contributed by atoms with Crippen molar-refractivity contribution in [3.63, 3.8) is 0 Å². The third kappa shape index (κ3) is 4.31. The van der Waals surface area contributed by atoms with Crippen LogP contribution < -0.4 is 11.1 Å². The van der Waals surface area contributed by atoms with Crippen LogP contribution in [0, 0.1) is 0 Å². The van der Waals surface area contributed by atoms with Gasteiger partial charge in [0.15, 0.2) is 0 Å². The third-order valence-corrected chi connectivity index (χ3v) is 3.76. The number of primary amides is 1. The van der Waals surface area contributed by atoms with Crippen molar-refractivity contribution in [1.82, 2.24) is 0 Å². The Hall–Kier alpha value is -2.37. The van der Waals surface area contributed by atoms with E-state index in [1.54, 1.807) is 31.2 Å². The van der Waals surface area contributed by atoms with Crippen molar-refractivity contribution in [2.45, 2.75) is 18.9 Å². The molecule has 0 bridgehead atoms. The molecule has 2 rings (SSSR count). The lowest BCUT2D eigenvalue weighted by atomic mass is 9.92. The molecular formula is C17H17ClN2O3. The lowest BCUT2D eigenvalue weighted by molar-refractivity contribution is -0.120. The molecule has 0 fully saturated rings. The summed E-state index contributed by atoms with van der Waals surface area (Å²) in [4.78, 5) is 23.4. The number of halogens is 1. The number of amides is 2. The average Bonchev–Trinajstić information content (AvgIpc) is 2.49. The molecule has 5 nitrogen and oxygen atoms in total. The number of hydrogen-bond donors (Lipinski definition) is 3. The fourth-order valence-electron chi connectivity index (χ4n) is 2.18. The number of aliphatic hydroxyl groups is 1. The fraction of sp³-hybridized carbons (Fsp3) is 0.176. The molecule has 0 radical (unpaired) electrons. The van der Waals surface area contributed by atoms with Crippen molar-refractivity contribution in [1.29, 1.82) is 0 Å². The van der Waals surface area contributed by atoms with Gasteiger partial charge in [-0.25, -0.2) is 0 Å². The second-order valence-corrected chi connectivity index (χ2v) is 5.83. The molecule has 4 N–H and O–H groups in total. The van der Waals surface area contributed by atoms with Crippen LogP contribution in [0.5, 0.6) is 0 Å². The van der Waals surface area contributed by atoms with Crippen LogP contribution in [0.4, 0.5) is 5.69 Å². The van der Waals surface area contributed by atoms with E-state index in [1.807, 2.05) is 6.07 Å². The van der Waals surface area contributed by atoms with Gasteiger partial charge in [0.1, 0.15) is 0 Å². The largest absolute Gasteiger partial charge is 0.385 e. The maximum Gasteiger partial charge on any atom is 0.248 e. The molecule has 0 heterocycles. The minimum atomic E-state index is -1.32. The van der Waals surface area contributed by atoms with Crippen molar-refractivity contribution in [3.05, 3.63) is 64.7 Å². The molecular weight excluding hydrogens is 316 g/mol. The SMILES string of the molecule is CC(O)(CC(=O)Nc1cc(C(N)=O)ccc1Cl)c1ccccc1. The van der Waals surface area contributed by atoms with Gasteiger partial charge in [-0.2, -0.15) is 0 Å². The van der Waals surface area contributed by atoms with Gasteiger partial charge in [-0.05, 0) is 30.7 Å². The molecule has 0 aliphatic rings. The van der Waals surface area contributed by atoms with Crippen LogP contribution in [0.3, 0.4) is 0 Å². The maximum absolute atomic E-state index is 12.2. The molecule has 2 amide bonds. The van der Waals surface area contributed by atoms with Gasteiger partial charge in [-0.1, -0.05) is 41.9 Å². The molecule has 0 spiro atoms. The minimum Gasteiger partial charge on any atom is -0.385 e. The molecule has 0 saturated heterocycles. The van der Waals surface area contributed by atoms with Gasteiger partial charge in [-0.3, -0.25) is 9.59 Å². The lowest BCUT2D eigenvalue weighted by Crippen LogP contribution is -2.28. The van der Waals surface area contributed by atoms with Crippen molar-refractivity contribution < 1.29 is 14.7 Å². The number of benzene rings is 2. The summed E-state index contributed by atoms with van der Waals surface area (Å²) in [5.74, 6) is -1.05. The molecule has 120 valence electrons. The van der Waals surface area contributed by atoms with E-state index < -0.39 is 17.4 Å². The summed E-state index contributed by atoms with van der Waals surface area (Å²) in [6, 6.07) is 13.2. The van der Waals surface area contributed by atoms with Gasteiger partial charge in [0, 0.05) is 5.56 Å². The summed E-state index contributed by atoms with van der Waals surface area (Å²) < 4.78 is 0. The number of rotatable bonds is 5. The predicted octanol–water partition coefficient (Wildman–Crippen LogP) is 2.68. The topological polar surface area (TPSA) is 92.4 Å². The van der Waals surface area contributed by atoms with Crippen LogP contribution in [-0.2, 0) is 10.4 Å². The zero-order valence-electron chi connectivity index (χ0n) is 12.5. The molecule has 0 aliphatic heterocycles. The van der Waals surface area contributed by atoms with E-state index in [2.05, 4.69) is 5.32 Å². The van der Waals surface area contributed by atoms with Gasteiger partial charge in [-0.15, -0.1) is 0 Å². The second kappa shape index (κ2) is 6.81. The Morgan fingerprint density at radius 1 is 1.22 bits per heavy atom. The van der Waals surface area contributed by atoms with Crippen molar-refractivity contribution in [3.8, 4) is 0 Å². The van der Waals surface area contributed by atoms with E-state index in [0.717, 1.165) is 0 Å².